The van der Waals surface area contributed by atoms with Gasteiger partial charge < -0.3 is 10.2 Å². The largest absolute Gasteiger partial charge is 0.342 e. The minimum atomic E-state index is -0.714. The molecule has 0 bridgehead atoms. The molecule has 21 heavy (non-hydrogen) atoms. The molecule has 120 valence electrons. The van der Waals surface area contributed by atoms with Gasteiger partial charge in [-0.25, -0.2) is 0 Å². The minimum absolute atomic E-state index is 0.00914. The summed E-state index contributed by atoms with van der Waals surface area (Å²) >= 11 is 0. The van der Waals surface area contributed by atoms with Crippen molar-refractivity contribution in [2.45, 2.75) is 83.7 Å². The van der Waals surface area contributed by atoms with Crippen molar-refractivity contribution < 1.29 is 9.59 Å². The van der Waals surface area contributed by atoms with Crippen LogP contribution in [0.15, 0.2) is 0 Å². The van der Waals surface area contributed by atoms with Crippen LogP contribution in [0.4, 0.5) is 0 Å². The predicted octanol–water partition coefficient (Wildman–Crippen LogP) is 2.86. The van der Waals surface area contributed by atoms with E-state index in [0.717, 1.165) is 18.8 Å². The van der Waals surface area contributed by atoms with Crippen LogP contribution in [0.5, 0.6) is 0 Å². The molecule has 0 aromatic rings. The van der Waals surface area contributed by atoms with Gasteiger partial charge in [0.25, 0.3) is 0 Å². The lowest BCUT2D eigenvalue weighted by molar-refractivity contribution is -0.141. The highest BCUT2D eigenvalue weighted by Gasteiger charge is 2.41. The smallest absolute Gasteiger partial charge is 0.248 e. The maximum atomic E-state index is 12.9. The lowest BCUT2D eigenvalue weighted by atomic mass is 9.82. The van der Waals surface area contributed by atoms with E-state index in [0.29, 0.717) is 25.4 Å². The van der Waals surface area contributed by atoms with Crippen molar-refractivity contribution in [1.82, 2.24) is 10.2 Å². The van der Waals surface area contributed by atoms with Gasteiger partial charge in [-0.15, -0.1) is 0 Å². The van der Waals surface area contributed by atoms with E-state index in [4.69, 9.17) is 0 Å². The molecule has 1 unspecified atom stereocenters. The molecule has 0 spiro atoms. The summed E-state index contributed by atoms with van der Waals surface area (Å²) in [4.78, 5) is 26.7. The van der Waals surface area contributed by atoms with E-state index in [1.54, 1.807) is 0 Å². The Hall–Kier alpha value is -1.06. The van der Waals surface area contributed by atoms with E-state index in [1.165, 1.54) is 25.7 Å². The molecule has 1 aliphatic carbocycles. The third-order valence-electron chi connectivity index (χ3n) is 5.39. The number of nitrogens with one attached hydrogen (secondary N) is 1. The van der Waals surface area contributed by atoms with Gasteiger partial charge in [0.1, 0.15) is 5.54 Å². The number of nitrogens with zero attached hydrogens (tertiary/aromatic N) is 1. The van der Waals surface area contributed by atoms with E-state index in [9.17, 15) is 9.59 Å². The highest BCUT2D eigenvalue weighted by Crippen LogP contribution is 2.32. The van der Waals surface area contributed by atoms with E-state index < -0.39 is 5.54 Å². The van der Waals surface area contributed by atoms with Crippen molar-refractivity contribution >= 4 is 11.8 Å². The fourth-order valence-electron chi connectivity index (χ4n) is 3.81. The lowest BCUT2D eigenvalue weighted by Gasteiger charge is -2.39. The van der Waals surface area contributed by atoms with Crippen LogP contribution in [-0.4, -0.2) is 34.8 Å². The van der Waals surface area contributed by atoms with Gasteiger partial charge in [-0.3, -0.25) is 9.59 Å². The van der Waals surface area contributed by atoms with E-state index in [-0.39, 0.29) is 11.8 Å². The molecule has 2 amide bonds. The zero-order valence-electron chi connectivity index (χ0n) is 13.8. The van der Waals surface area contributed by atoms with Crippen LogP contribution >= 0.6 is 0 Å². The van der Waals surface area contributed by atoms with Crippen molar-refractivity contribution in [2.75, 3.05) is 6.54 Å². The first-order valence-electron chi connectivity index (χ1n) is 8.62. The minimum Gasteiger partial charge on any atom is -0.342 e. The molecular formula is C17H30N2O2. The van der Waals surface area contributed by atoms with Crippen LogP contribution in [0, 0.1) is 5.92 Å². The molecule has 1 aliphatic heterocycles. The Morgan fingerprint density at radius 3 is 2.43 bits per heavy atom. The summed E-state index contributed by atoms with van der Waals surface area (Å²) < 4.78 is 0. The Labute approximate surface area is 128 Å². The molecule has 0 aromatic heterocycles. The molecule has 1 saturated carbocycles. The standard InChI is InChI=1S/C17H30N2O2/c1-4-6-13-7-9-14(10-8-13)19-12-11-15(20)18-17(3,5-2)16(19)21/h13-14H,4-12H2,1-3H3,(H,18,20). The molecule has 2 fully saturated rings. The third kappa shape index (κ3) is 3.58. The van der Waals surface area contributed by atoms with Gasteiger partial charge in [-0.1, -0.05) is 26.7 Å². The topological polar surface area (TPSA) is 49.4 Å². The van der Waals surface area contributed by atoms with Crippen molar-refractivity contribution in [2.24, 2.45) is 5.92 Å². The van der Waals surface area contributed by atoms with E-state index in [2.05, 4.69) is 12.2 Å². The van der Waals surface area contributed by atoms with Gasteiger partial charge >= 0.3 is 0 Å². The third-order valence-corrected chi connectivity index (χ3v) is 5.39. The zero-order chi connectivity index (χ0) is 15.5. The van der Waals surface area contributed by atoms with E-state index >= 15 is 0 Å². The van der Waals surface area contributed by atoms with Crippen molar-refractivity contribution in [1.29, 1.82) is 0 Å². The molecule has 2 rings (SSSR count). The summed E-state index contributed by atoms with van der Waals surface area (Å²) in [6, 6.07) is 0.337. The first kappa shape index (κ1) is 16.3. The molecule has 1 heterocycles. The second kappa shape index (κ2) is 6.80. The zero-order valence-corrected chi connectivity index (χ0v) is 13.8. The Morgan fingerprint density at radius 2 is 1.86 bits per heavy atom. The number of carbonyl (C=O) groups excluding carboxylic acids is 2. The molecule has 0 aromatic carbocycles. The molecule has 4 heteroatoms. The molecule has 4 nitrogen and oxygen atoms in total. The van der Waals surface area contributed by atoms with Crippen molar-refractivity contribution in [3.8, 4) is 0 Å². The van der Waals surface area contributed by atoms with Gasteiger partial charge in [0.15, 0.2) is 0 Å². The van der Waals surface area contributed by atoms with Crippen molar-refractivity contribution in [3.63, 3.8) is 0 Å². The van der Waals surface area contributed by atoms with Crippen LogP contribution in [-0.2, 0) is 9.59 Å². The Kier molecular flexibility index (Phi) is 5.28. The number of carbonyl (C=O) groups is 2. The summed E-state index contributed by atoms with van der Waals surface area (Å²) in [7, 11) is 0. The predicted molar refractivity (Wildman–Crippen MR) is 83.8 cm³/mol. The average Bonchev–Trinajstić information content (AvgIpc) is 2.59. The van der Waals surface area contributed by atoms with Gasteiger partial charge in [-0.2, -0.15) is 0 Å². The van der Waals surface area contributed by atoms with Gasteiger partial charge in [0, 0.05) is 19.0 Å². The summed E-state index contributed by atoms with van der Waals surface area (Å²) in [6.45, 7) is 6.67. The summed E-state index contributed by atoms with van der Waals surface area (Å²) in [6.07, 6.45) is 8.32. The first-order chi connectivity index (χ1) is 10.00. The van der Waals surface area contributed by atoms with E-state index in [1.807, 2.05) is 18.7 Å². The van der Waals surface area contributed by atoms with Crippen molar-refractivity contribution in [3.05, 3.63) is 0 Å². The molecule has 1 atom stereocenters. The highest BCUT2D eigenvalue weighted by atomic mass is 16.2. The summed E-state index contributed by atoms with van der Waals surface area (Å²) in [5.41, 5.74) is -0.714. The second-order valence-corrected chi connectivity index (χ2v) is 6.95. The second-order valence-electron chi connectivity index (χ2n) is 6.95. The normalized spacial score (nSPS) is 34.5. The number of hydrogen-bond acceptors (Lipinski definition) is 2. The molecule has 2 aliphatic rings. The fourth-order valence-corrected chi connectivity index (χ4v) is 3.81. The van der Waals surface area contributed by atoms with Gasteiger partial charge in [-0.05, 0) is 44.9 Å². The van der Waals surface area contributed by atoms with Gasteiger partial charge in [0.05, 0.1) is 0 Å². The quantitative estimate of drug-likeness (QED) is 0.866. The molecule has 0 radical (unpaired) electrons. The lowest BCUT2D eigenvalue weighted by Crippen LogP contribution is -2.57. The number of amides is 2. The van der Waals surface area contributed by atoms with Crippen LogP contribution in [0.2, 0.25) is 0 Å². The van der Waals surface area contributed by atoms with Crippen LogP contribution in [0.25, 0.3) is 0 Å². The SMILES string of the molecule is CCCC1CCC(N2CCC(=O)NC(C)(CC)C2=O)CC1. The average molecular weight is 294 g/mol. The number of hydrogen-bond donors (Lipinski definition) is 1. The maximum Gasteiger partial charge on any atom is 0.248 e. The first-order valence-corrected chi connectivity index (χ1v) is 8.62. The maximum absolute atomic E-state index is 12.9. The monoisotopic (exact) mass is 294 g/mol. The van der Waals surface area contributed by atoms with Crippen LogP contribution in [0.1, 0.15) is 72.1 Å². The van der Waals surface area contributed by atoms with Crippen LogP contribution in [0.3, 0.4) is 0 Å². The molecule has 1 saturated heterocycles. The van der Waals surface area contributed by atoms with Gasteiger partial charge in [0.2, 0.25) is 11.8 Å². The molecular weight excluding hydrogens is 264 g/mol. The van der Waals surface area contributed by atoms with Crippen LogP contribution < -0.4 is 5.32 Å². The Balaban J connectivity index is 2.05. The number of rotatable bonds is 4. The fraction of sp³-hybridized carbons (Fsp3) is 0.882. The Morgan fingerprint density at radius 1 is 1.19 bits per heavy atom. The molecule has 1 N–H and O–H groups in total. The highest BCUT2D eigenvalue weighted by molar-refractivity contribution is 5.93. The Bertz CT molecular complexity index is 388. The summed E-state index contributed by atoms with van der Waals surface area (Å²) in [5, 5.41) is 2.92. The summed E-state index contributed by atoms with van der Waals surface area (Å²) in [5.74, 6) is 0.968.